The lowest BCUT2D eigenvalue weighted by Crippen LogP contribution is -2.09. The number of rotatable bonds is 11. The molecule has 0 unspecified atom stereocenters. The first-order valence-corrected chi connectivity index (χ1v) is 9.78. The molecule has 1 rings (SSSR count). The Balaban J connectivity index is 2.30. The van der Waals surface area contributed by atoms with Gasteiger partial charge in [-0.3, -0.25) is 0 Å². The van der Waals surface area contributed by atoms with Crippen molar-refractivity contribution in [2.75, 3.05) is 5.75 Å². The summed E-state index contributed by atoms with van der Waals surface area (Å²) in [5.41, 5.74) is 1.53. The Morgan fingerprint density at radius 3 is 2.24 bits per heavy atom. The summed E-state index contributed by atoms with van der Waals surface area (Å²) in [5, 5.41) is 9.07. The van der Waals surface area contributed by atoms with Gasteiger partial charge < -0.3 is 5.11 Å². The van der Waals surface area contributed by atoms with Crippen LogP contribution in [0.3, 0.4) is 0 Å². The van der Waals surface area contributed by atoms with Crippen molar-refractivity contribution in [2.24, 2.45) is 0 Å². The Kier molecular flexibility index (Phi) is 8.62. The van der Waals surface area contributed by atoms with E-state index in [1.807, 2.05) is 6.07 Å². The molecule has 0 heterocycles. The van der Waals surface area contributed by atoms with Gasteiger partial charge in [-0.25, -0.2) is 8.42 Å². The third kappa shape index (κ3) is 8.22. The summed E-state index contributed by atoms with van der Waals surface area (Å²) in [6, 6.07) is 7.17. The van der Waals surface area contributed by atoms with E-state index in [-0.39, 0.29) is 18.1 Å². The molecule has 0 aliphatic carbocycles. The molecule has 0 bridgehead atoms. The van der Waals surface area contributed by atoms with Crippen LogP contribution in [0.15, 0.2) is 24.3 Å². The van der Waals surface area contributed by atoms with Crippen molar-refractivity contribution in [3.63, 3.8) is 0 Å². The van der Waals surface area contributed by atoms with Gasteiger partial charge in [-0.2, -0.15) is 0 Å². The Labute approximate surface area is 129 Å². The summed E-state index contributed by atoms with van der Waals surface area (Å²) < 4.78 is 24.1. The number of benzene rings is 1. The lowest BCUT2D eigenvalue weighted by atomic mass is 10.1. The van der Waals surface area contributed by atoms with E-state index in [1.165, 1.54) is 25.7 Å². The zero-order valence-electron chi connectivity index (χ0n) is 13.1. The van der Waals surface area contributed by atoms with Crippen molar-refractivity contribution < 1.29 is 13.5 Å². The zero-order chi connectivity index (χ0) is 15.6. The van der Waals surface area contributed by atoms with Gasteiger partial charge in [-0.15, -0.1) is 0 Å². The second-order valence-corrected chi connectivity index (χ2v) is 7.88. The quantitative estimate of drug-likeness (QED) is 0.632. The largest absolute Gasteiger partial charge is 0.392 e. The van der Waals surface area contributed by atoms with E-state index in [1.54, 1.807) is 18.2 Å². The molecule has 1 N–H and O–H groups in total. The van der Waals surface area contributed by atoms with Gasteiger partial charge in [0.15, 0.2) is 9.84 Å². The van der Waals surface area contributed by atoms with Gasteiger partial charge in [0.25, 0.3) is 0 Å². The molecular formula is C17H28O3S. The summed E-state index contributed by atoms with van der Waals surface area (Å²) >= 11 is 0. The summed E-state index contributed by atoms with van der Waals surface area (Å²) in [6.45, 7) is 2.14. The molecule has 0 fully saturated rings. The summed E-state index contributed by atoms with van der Waals surface area (Å²) in [6.07, 6.45) is 7.88. The molecule has 1 aromatic carbocycles. The molecule has 0 saturated heterocycles. The molecule has 0 aromatic heterocycles. The molecule has 4 heteroatoms. The van der Waals surface area contributed by atoms with Crippen molar-refractivity contribution in [3.8, 4) is 0 Å². The smallest absolute Gasteiger partial charge is 0.154 e. The van der Waals surface area contributed by atoms with Crippen molar-refractivity contribution in [1.29, 1.82) is 0 Å². The van der Waals surface area contributed by atoms with E-state index in [2.05, 4.69) is 6.92 Å². The normalized spacial score (nSPS) is 11.7. The molecule has 0 aliphatic rings. The van der Waals surface area contributed by atoms with E-state index >= 15 is 0 Å². The Bertz CT molecular complexity index is 495. The van der Waals surface area contributed by atoms with E-state index in [4.69, 9.17) is 5.11 Å². The van der Waals surface area contributed by atoms with Gasteiger partial charge in [0.05, 0.1) is 18.1 Å². The van der Waals surface area contributed by atoms with Crippen molar-refractivity contribution in [2.45, 2.75) is 64.2 Å². The van der Waals surface area contributed by atoms with E-state index in [0.717, 1.165) is 30.4 Å². The minimum Gasteiger partial charge on any atom is -0.392 e. The van der Waals surface area contributed by atoms with Gasteiger partial charge in [-0.1, -0.05) is 69.7 Å². The maximum Gasteiger partial charge on any atom is 0.154 e. The highest BCUT2D eigenvalue weighted by molar-refractivity contribution is 7.90. The number of unbranched alkanes of at least 4 members (excludes halogenated alkanes) is 6. The van der Waals surface area contributed by atoms with Gasteiger partial charge >= 0.3 is 0 Å². The Morgan fingerprint density at radius 2 is 1.57 bits per heavy atom. The molecule has 3 nitrogen and oxygen atoms in total. The predicted molar refractivity (Wildman–Crippen MR) is 87.8 cm³/mol. The van der Waals surface area contributed by atoms with Crippen LogP contribution in [0.1, 0.15) is 63.0 Å². The fourth-order valence-electron chi connectivity index (χ4n) is 2.42. The first kappa shape index (κ1) is 18.2. The maximum atomic E-state index is 12.1. The van der Waals surface area contributed by atoms with Gasteiger partial charge in [-0.05, 0) is 17.5 Å². The van der Waals surface area contributed by atoms with Crippen LogP contribution < -0.4 is 0 Å². The molecule has 0 aliphatic heterocycles. The van der Waals surface area contributed by atoms with Crippen LogP contribution in [0.4, 0.5) is 0 Å². The molecule has 0 atom stereocenters. The third-order valence-electron chi connectivity index (χ3n) is 3.62. The summed E-state index contributed by atoms with van der Waals surface area (Å²) in [7, 11) is -3.04. The minimum absolute atomic E-state index is 0.0500. The van der Waals surface area contributed by atoms with Crippen LogP contribution in [0.5, 0.6) is 0 Å². The average Bonchev–Trinajstić information content (AvgIpc) is 2.46. The Hall–Kier alpha value is -0.870. The number of sulfone groups is 1. The van der Waals surface area contributed by atoms with Gasteiger partial charge in [0.2, 0.25) is 0 Å². The molecule has 1 aromatic rings. The van der Waals surface area contributed by atoms with Crippen LogP contribution in [0.25, 0.3) is 0 Å². The second-order valence-electron chi connectivity index (χ2n) is 5.69. The Morgan fingerprint density at radius 1 is 0.952 bits per heavy atom. The second kappa shape index (κ2) is 9.96. The molecular weight excluding hydrogens is 284 g/mol. The van der Waals surface area contributed by atoms with Crippen molar-refractivity contribution in [3.05, 3.63) is 35.4 Å². The molecule has 0 radical (unpaired) electrons. The topological polar surface area (TPSA) is 54.4 Å². The highest BCUT2D eigenvalue weighted by atomic mass is 32.2. The van der Waals surface area contributed by atoms with E-state index in [9.17, 15) is 8.42 Å². The fraction of sp³-hybridized carbons (Fsp3) is 0.647. The maximum absolute atomic E-state index is 12.1. The van der Waals surface area contributed by atoms with Crippen LogP contribution in [0, 0.1) is 0 Å². The highest BCUT2D eigenvalue weighted by Crippen LogP contribution is 2.13. The highest BCUT2D eigenvalue weighted by Gasteiger charge is 2.11. The van der Waals surface area contributed by atoms with Crippen LogP contribution in [-0.2, 0) is 22.2 Å². The van der Waals surface area contributed by atoms with E-state index < -0.39 is 9.84 Å². The summed E-state index contributed by atoms with van der Waals surface area (Å²) in [5.74, 6) is 0.348. The SMILES string of the molecule is CCCCCCCCCS(=O)(=O)Cc1cccc(CO)c1. The molecule has 0 spiro atoms. The lowest BCUT2D eigenvalue weighted by Gasteiger charge is -2.06. The standard InChI is InChI=1S/C17H28O3S/c1-2-3-4-5-6-7-8-12-21(19,20)15-17-11-9-10-16(13-17)14-18/h9-11,13,18H,2-8,12,14-15H2,1H3. The van der Waals surface area contributed by atoms with Crippen LogP contribution >= 0.6 is 0 Å². The molecule has 120 valence electrons. The monoisotopic (exact) mass is 312 g/mol. The molecule has 21 heavy (non-hydrogen) atoms. The lowest BCUT2D eigenvalue weighted by molar-refractivity contribution is 0.282. The van der Waals surface area contributed by atoms with E-state index in [0.29, 0.717) is 0 Å². The third-order valence-corrected chi connectivity index (χ3v) is 5.30. The van der Waals surface area contributed by atoms with Crippen molar-refractivity contribution >= 4 is 9.84 Å². The predicted octanol–water partition coefficient (Wildman–Crippen LogP) is 3.84. The van der Waals surface area contributed by atoms with Gasteiger partial charge in [0.1, 0.15) is 0 Å². The average molecular weight is 312 g/mol. The number of aliphatic hydroxyl groups is 1. The van der Waals surface area contributed by atoms with Gasteiger partial charge in [0, 0.05) is 0 Å². The van der Waals surface area contributed by atoms with Crippen LogP contribution in [0.2, 0.25) is 0 Å². The number of hydrogen-bond donors (Lipinski definition) is 1. The zero-order valence-corrected chi connectivity index (χ0v) is 13.9. The van der Waals surface area contributed by atoms with Crippen LogP contribution in [-0.4, -0.2) is 19.3 Å². The first-order valence-electron chi connectivity index (χ1n) is 7.96. The minimum atomic E-state index is -3.04. The number of aliphatic hydroxyl groups excluding tert-OH is 1. The number of hydrogen-bond acceptors (Lipinski definition) is 3. The molecule has 0 saturated carbocycles. The fourth-order valence-corrected chi connectivity index (χ4v) is 3.90. The molecule has 0 amide bonds. The van der Waals surface area contributed by atoms with Crippen molar-refractivity contribution in [1.82, 2.24) is 0 Å². The summed E-state index contributed by atoms with van der Waals surface area (Å²) in [4.78, 5) is 0. The first-order chi connectivity index (χ1) is 10.1.